The standard InChI is InChI=1S/C12H21N3OS2/c1-4-13-9(3)8(2)12-14-11(15-16-12)10-7-17-5-6-18-10/h8-10,13H,4-7H2,1-3H3. The lowest BCUT2D eigenvalue weighted by atomic mass is 10.0. The van der Waals surface area contributed by atoms with Gasteiger partial charge in [-0.1, -0.05) is 19.0 Å². The van der Waals surface area contributed by atoms with E-state index in [1.807, 2.05) is 23.5 Å². The number of likely N-dealkylation sites (N-methyl/N-ethyl adjacent to an activating group) is 1. The van der Waals surface area contributed by atoms with E-state index >= 15 is 0 Å². The molecule has 3 atom stereocenters. The lowest BCUT2D eigenvalue weighted by molar-refractivity contribution is 0.329. The molecule has 0 aliphatic carbocycles. The van der Waals surface area contributed by atoms with Gasteiger partial charge in [-0.05, 0) is 13.5 Å². The predicted octanol–water partition coefficient (Wildman–Crippen LogP) is 2.69. The summed E-state index contributed by atoms with van der Waals surface area (Å²) in [6.45, 7) is 7.36. The zero-order chi connectivity index (χ0) is 13.0. The van der Waals surface area contributed by atoms with Gasteiger partial charge >= 0.3 is 0 Å². The third-order valence-electron chi connectivity index (χ3n) is 3.23. The molecule has 0 bridgehead atoms. The number of hydrogen-bond acceptors (Lipinski definition) is 6. The van der Waals surface area contributed by atoms with Gasteiger partial charge in [0.25, 0.3) is 0 Å². The average molecular weight is 287 g/mol. The van der Waals surface area contributed by atoms with Crippen LogP contribution in [-0.4, -0.2) is 40.0 Å². The molecule has 2 rings (SSSR count). The van der Waals surface area contributed by atoms with Gasteiger partial charge in [0, 0.05) is 23.3 Å². The van der Waals surface area contributed by atoms with Gasteiger partial charge in [0.1, 0.15) is 0 Å². The van der Waals surface area contributed by atoms with Crippen molar-refractivity contribution in [3.8, 4) is 0 Å². The van der Waals surface area contributed by atoms with E-state index in [0.717, 1.165) is 24.0 Å². The third-order valence-corrected chi connectivity index (χ3v) is 5.98. The molecule has 0 radical (unpaired) electrons. The number of rotatable bonds is 5. The molecule has 4 nitrogen and oxygen atoms in total. The monoisotopic (exact) mass is 287 g/mol. The first kappa shape index (κ1) is 14.2. The Hall–Kier alpha value is -0.200. The van der Waals surface area contributed by atoms with Crippen LogP contribution < -0.4 is 5.32 Å². The molecule has 102 valence electrons. The Morgan fingerprint density at radius 3 is 2.94 bits per heavy atom. The highest BCUT2D eigenvalue weighted by atomic mass is 32.2. The number of nitrogens with one attached hydrogen (secondary N) is 1. The van der Waals surface area contributed by atoms with Crippen LogP contribution >= 0.6 is 23.5 Å². The van der Waals surface area contributed by atoms with E-state index in [-0.39, 0.29) is 5.92 Å². The van der Waals surface area contributed by atoms with Crippen molar-refractivity contribution in [2.45, 2.75) is 38.0 Å². The second-order valence-electron chi connectivity index (χ2n) is 4.56. The smallest absolute Gasteiger partial charge is 0.231 e. The SMILES string of the molecule is CCNC(C)C(C)c1nc(C2CSCCS2)no1. The number of thioether (sulfide) groups is 2. The first-order valence-corrected chi connectivity index (χ1v) is 8.69. The molecule has 1 fully saturated rings. The van der Waals surface area contributed by atoms with E-state index in [1.54, 1.807) is 0 Å². The van der Waals surface area contributed by atoms with Crippen molar-refractivity contribution in [3.63, 3.8) is 0 Å². The zero-order valence-corrected chi connectivity index (χ0v) is 12.8. The molecule has 1 aliphatic rings. The highest BCUT2D eigenvalue weighted by Gasteiger charge is 2.25. The van der Waals surface area contributed by atoms with E-state index in [2.05, 4.69) is 36.2 Å². The topological polar surface area (TPSA) is 51.0 Å². The van der Waals surface area contributed by atoms with Crippen LogP contribution in [0.25, 0.3) is 0 Å². The first-order chi connectivity index (χ1) is 8.72. The Morgan fingerprint density at radius 2 is 2.28 bits per heavy atom. The summed E-state index contributed by atoms with van der Waals surface area (Å²) in [5, 5.41) is 7.96. The maximum absolute atomic E-state index is 5.42. The molecule has 0 aromatic carbocycles. The fraction of sp³-hybridized carbons (Fsp3) is 0.833. The molecule has 1 saturated heterocycles. The molecule has 1 aliphatic heterocycles. The lowest BCUT2D eigenvalue weighted by Gasteiger charge is -2.18. The van der Waals surface area contributed by atoms with Crippen LogP contribution in [-0.2, 0) is 0 Å². The maximum Gasteiger partial charge on any atom is 0.231 e. The molecule has 18 heavy (non-hydrogen) atoms. The van der Waals surface area contributed by atoms with E-state index in [9.17, 15) is 0 Å². The molecule has 1 aromatic heterocycles. The van der Waals surface area contributed by atoms with Gasteiger partial charge in [-0.3, -0.25) is 0 Å². The number of hydrogen-bond donors (Lipinski definition) is 1. The second-order valence-corrected chi connectivity index (χ2v) is 7.02. The average Bonchev–Trinajstić information content (AvgIpc) is 2.89. The molecular formula is C12H21N3OS2. The summed E-state index contributed by atoms with van der Waals surface area (Å²) in [6, 6.07) is 0.358. The van der Waals surface area contributed by atoms with Gasteiger partial charge < -0.3 is 9.84 Å². The Labute approximate surface area is 117 Å². The summed E-state index contributed by atoms with van der Waals surface area (Å²) >= 11 is 3.91. The van der Waals surface area contributed by atoms with Crippen molar-refractivity contribution in [1.82, 2.24) is 15.5 Å². The minimum atomic E-state index is 0.257. The number of aromatic nitrogens is 2. The van der Waals surface area contributed by atoms with Crippen molar-refractivity contribution < 1.29 is 4.52 Å². The molecule has 2 heterocycles. The third kappa shape index (κ3) is 3.42. The Balaban J connectivity index is 2.00. The molecule has 0 amide bonds. The van der Waals surface area contributed by atoms with Gasteiger partial charge in [-0.2, -0.15) is 16.7 Å². The minimum absolute atomic E-state index is 0.257. The van der Waals surface area contributed by atoms with E-state index in [1.165, 1.54) is 11.5 Å². The van der Waals surface area contributed by atoms with Gasteiger partial charge in [0.05, 0.1) is 11.2 Å². The van der Waals surface area contributed by atoms with Crippen molar-refractivity contribution in [1.29, 1.82) is 0 Å². The fourth-order valence-electron chi connectivity index (χ4n) is 1.91. The normalized spacial score (nSPS) is 23.8. The quantitative estimate of drug-likeness (QED) is 0.898. The lowest BCUT2D eigenvalue weighted by Crippen LogP contribution is -2.30. The fourth-order valence-corrected chi connectivity index (χ4v) is 4.50. The predicted molar refractivity (Wildman–Crippen MR) is 78.4 cm³/mol. The highest BCUT2D eigenvalue weighted by Crippen LogP contribution is 2.35. The Kier molecular flexibility index (Phi) is 5.38. The summed E-state index contributed by atoms with van der Waals surface area (Å²) in [4.78, 5) is 4.59. The van der Waals surface area contributed by atoms with Crippen LogP contribution in [0.2, 0.25) is 0 Å². The van der Waals surface area contributed by atoms with E-state index < -0.39 is 0 Å². The van der Waals surface area contributed by atoms with Crippen LogP contribution in [0, 0.1) is 0 Å². The summed E-state index contributed by atoms with van der Waals surface area (Å²) in [5.74, 6) is 5.41. The first-order valence-electron chi connectivity index (χ1n) is 6.48. The van der Waals surface area contributed by atoms with Gasteiger partial charge in [-0.15, -0.1) is 11.8 Å². The van der Waals surface area contributed by atoms with E-state index in [4.69, 9.17) is 4.52 Å². The summed E-state index contributed by atoms with van der Waals surface area (Å²) in [7, 11) is 0. The van der Waals surface area contributed by atoms with E-state index in [0.29, 0.717) is 11.3 Å². The molecule has 1 N–H and O–H groups in total. The minimum Gasteiger partial charge on any atom is -0.339 e. The summed E-state index contributed by atoms with van der Waals surface area (Å²) in [6.07, 6.45) is 0. The Morgan fingerprint density at radius 1 is 1.44 bits per heavy atom. The van der Waals surface area contributed by atoms with Crippen molar-refractivity contribution in [2.24, 2.45) is 0 Å². The Bertz CT molecular complexity index is 366. The molecule has 6 heteroatoms. The number of nitrogens with zero attached hydrogens (tertiary/aromatic N) is 2. The van der Waals surface area contributed by atoms with Crippen molar-refractivity contribution >= 4 is 23.5 Å². The van der Waals surface area contributed by atoms with Crippen LogP contribution in [0.1, 0.15) is 43.7 Å². The van der Waals surface area contributed by atoms with Crippen molar-refractivity contribution in [3.05, 3.63) is 11.7 Å². The highest BCUT2D eigenvalue weighted by molar-refractivity contribution is 8.06. The molecule has 3 unspecified atom stereocenters. The maximum atomic E-state index is 5.42. The van der Waals surface area contributed by atoms with Crippen LogP contribution in [0.4, 0.5) is 0 Å². The molecule has 0 saturated carbocycles. The largest absolute Gasteiger partial charge is 0.339 e. The van der Waals surface area contributed by atoms with Crippen LogP contribution in [0.5, 0.6) is 0 Å². The molecule has 1 aromatic rings. The van der Waals surface area contributed by atoms with Crippen LogP contribution in [0.3, 0.4) is 0 Å². The summed E-state index contributed by atoms with van der Waals surface area (Å²) in [5.41, 5.74) is 0. The van der Waals surface area contributed by atoms with Crippen LogP contribution in [0.15, 0.2) is 4.52 Å². The molecular weight excluding hydrogens is 266 g/mol. The zero-order valence-electron chi connectivity index (χ0n) is 11.2. The van der Waals surface area contributed by atoms with Crippen molar-refractivity contribution in [2.75, 3.05) is 23.8 Å². The second kappa shape index (κ2) is 6.82. The summed E-state index contributed by atoms with van der Waals surface area (Å²) < 4.78 is 5.42. The van der Waals surface area contributed by atoms with Gasteiger partial charge in [-0.25, -0.2) is 0 Å². The van der Waals surface area contributed by atoms with Gasteiger partial charge in [0.15, 0.2) is 5.82 Å². The van der Waals surface area contributed by atoms with Gasteiger partial charge in [0.2, 0.25) is 5.89 Å². The molecule has 0 spiro atoms.